The van der Waals surface area contributed by atoms with Crippen LogP contribution in [0.25, 0.3) is 0 Å². The van der Waals surface area contributed by atoms with Crippen LogP contribution in [0.1, 0.15) is 25.7 Å². The first-order valence-corrected chi connectivity index (χ1v) is 5.49. The van der Waals surface area contributed by atoms with Crippen LogP contribution >= 0.6 is 7.60 Å². The SMILES string of the molecule is NC1CCCC(P(=O)(O)O)C1. The van der Waals surface area contributed by atoms with Crippen molar-refractivity contribution in [3.8, 4) is 0 Å². The molecule has 1 saturated carbocycles. The van der Waals surface area contributed by atoms with Crippen LogP contribution in [-0.4, -0.2) is 21.5 Å². The Morgan fingerprint density at radius 2 is 2.00 bits per heavy atom. The molecule has 1 aliphatic rings. The summed E-state index contributed by atoms with van der Waals surface area (Å²) in [6, 6.07) is -0.0126. The van der Waals surface area contributed by atoms with Gasteiger partial charge in [0, 0.05) is 6.04 Å². The average molecular weight is 179 g/mol. The first-order chi connectivity index (χ1) is 5.00. The van der Waals surface area contributed by atoms with Gasteiger partial charge in [0.1, 0.15) is 0 Å². The van der Waals surface area contributed by atoms with E-state index in [2.05, 4.69) is 0 Å². The normalized spacial score (nSPS) is 33.7. The summed E-state index contributed by atoms with van der Waals surface area (Å²) >= 11 is 0. The van der Waals surface area contributed by atoms with Gasteiger partial charge in [0.05, 0.1) is 5.66 Å². The van der Waals surface area contributed by atoms with Crippen molar-refractivity contribution in [2.24, 2.45) is 5.73 Å². The molecule has 0 aromatic rings. The van der Waals surface area contributed by atoms with E-state index in [0.717, 1.165) is 12.8 Å². The minimum Gasteiger partial charge on any atom is -0.328 e. The molecule has 0 radical (unpaired) electrons. The van der Waals surface area contributed by atoms with Crippen LogP contribution < -0.4 is 5.73 Å². The second kappa shape index (κ2) is 3.23. The standard InChI is InChI=1S/C6H14NO3P/c7-5-2-1-3-6(4-5)11(8,9)10/h5-6H,1-4,7H2,(H2,8,9,10). The third-order valence-electron chi connectivity index (χ3n) is 2.16. The molecule has 0 aromatic heterocycles. The van der Waals surface area contributed by atoms with Crippen LogP contribution in [0, 0.1) is 0 Å². The van der Waals surface area contributed by atoms with E-state index in [1.54, 1.807) is 0 Å². The Hall–Kier alpha value is 0.110. The highest BCUT2D eigenvalue weighted by Crippen LogP contribution is 2.47. The highest BCUT2D eigenvalue weighted by atomic mass is 31.2. The zero-order chi connectivity index (χ0) is 8.48. The molecule has 0 spiro atoms. The minimum absolute atomic E-state index is 0.0126. The molecule has 2 unspecified atom stereocenters. The zero-order valence-electron chi connectivity index (χ0n) is 6.31. The monoisotopic (exact) mass is 179 g/mol. The van der Waals surface area contributed by atoms with E-state index in [0.29, 0.717) is 12.8 Å². The number of hydrogen-bond acceptors (Lipinski definition) is 2. The van der Waals surface area contributed by atoms with Gasteiger partial charge in [0.15, 0.2) is 0 Å². The van der Waals surface area contributed by atoms with Gasteiger partial charge in [-0.25, -0.2) is 0 Å². The molecule has 0 amide bonds. The van der Waals surface area contributed by atoms with E-state index < -0.39 is 13.3 Å². The molecular weight excluding hydrogens is 165 g/mol. The van der Waals surface area contributed by atoms with Gasteiger partial charge in [-0.05, 0) is 19.3 Å². The van der Waals surface area contributed by atoms with Crippen molar-refractivity contribution in [3.05, 3.63) is 0 Å². The predicted octanol–water partition coefficient (Wildman–Crippen LogP) is 0.434. The minimum atomic E-state index is -3.86. The van der Waals surface area contributed by atoms with E-state index in [4.69, 9.17) is 15.5 Å². The lowest BCUT2D eigenvalue weighted by Gasteiger charge is -2.26. The Morgan fingerprint density at radius 3 is 2.36 bits per heavy atom. The Labute approximate surface area is 65.9 Å². The number of hydrogen-bond donors (Lipinski definition) is 3. The molecule has 4 N–H and O–H groups in total. The molecule has 0 bridgehead atoms. The summed E-state index contributed by atoms with van der Waals surface area (Å²) in [5.74, 6) is 0. The van der Waals surface area contributed by atoms with Gasteiger partial charge in [-0.2, -0.15) is 0 Å². The fraction of sp³-hybridized carbons (Fsp3) is 1.00. The van der Waals surface area contributed by atoms with Gasteiger partial charge in [-0.15, -0.1) is 0 Å². The van der Waals surface area contributed by atoms with Gasteiger partial charge in [0.2, 0.25) is 0 Å². The molecule has 0 saturated heterocycles. The molecule has 0 aromatic carbocycles. The molecule has 0 aliphatic heterocycles. The predicted molar refractivity (Wildman–Crippen MR) is 42.3 cm³/mol. The third kappa shape index (κ3) is 2.56. The molecule has 1 fully saturated rings. The maximum absolute atomic E-state index is 10.8. The van der Waals surface area contributed by atoms with Crippen LogP contribution in [0.4, 0.5) is 0 Å². The summed E-state index contributed by atoms with van der Waals surface area (Å²) in [5, 5.41) is 0. The van der Waals surface area contributed by atoms with Gasteiger partial charge < -0.3 is 15.5 Å². The maximum Gasteiger partial charge on any atom is 0.328 e. The summed E-state index contributed by atoms with van der Waals surface area (Å²) in [5.41, 5.74) is 5.10. The van der Waals surface area contributed by atoms with Crippen LogP contribution in [0.5, 0.6) is 0 Å². The molecule has 1 rings (SSSR count). The summed E-state index contributed by atoms with van der Waals surface area (Å²) in [6.07, 6.45) is 2.84. The van der Waals surface area contributed by atoms with Crippen LogP contribution in [0.15, 0.2) is 0 Å². The van der Waals surface area contributed by atoms with E-state index in [1.807, 2.05) is 0 Å². The summed E-state index contributed by atoms with van der Waals surface area (Å²) in [6.45, 7) is 0. The van der Waals surface area contributed by atoms with Crippen LogP contribution in [0.2, 0.25) is 0 Å². The smallest absolute Gasteiger partial charge is 0.328 e. The average Bonchev–Trinajstić information content (AvgIpc) is 1.86. The highest BCUT2D eigenvalue weighted by molar-refractivity contribution is 7.52. The van der Waals surface area contributed by atoms with E-state index in [1.165, 1.54) is 0 Å². The quantitative estimate of drug-likeness (QED) is 0.510. The van der Waals surface area contributed by atoms with Crippen molar-refractivity contribution in [1.82, 2.24) is 0 Å². The Morgan fingerprint density at radius 1 is 1.36 bits per heavy atom. The lowest BCUT2D eigenvalue weighted by molar-refractivity contribution is 0.327. The highest BCUT2D eigenvalue weighted by Gasteiger charge is 2.32. The van der Waals surface area contributed by atoms with E-state index in [9.17, 15) is 4.57 Å². The topological polar surface area (TPSA) is 83.6 Å². The van der Waals surface area contributed by atoms with Crippen molar-refractivity contribution < 1.29 is 14.4 Å². The molecule has 11 heavy (non-hydrogen) atoms. The van der Waals surface area contributed by atoms with Crippen molar-refractivity contribution in [3.63, 3.8) is 0 Å². The van der Waals surface area contributed by atoms with Crippen molar-refractivity contribution in [2.75, 3.05) is 0 Å². The molecule has 5 heteroatoms. The first kappa shape index (κ1) is 9.20. The molecular formula is C6H14NO3P. The van der Waals surface area contributed by atoms with Crippen molar-refractivity contribution in [1.29, 1.82) is 0 Å². The fourth-order valence-electron chi connectivity index (χ4n) is 1.51. The number of rotatable bonds is 1. The van der Waals surface area contributed by atoms with Gasteiger partial charge in [-0.1, -0.05) is 6.42 Å². The molecule has 2 atom stereocenters. The molecule has 1 aliphatic carbocycles. The first-order valence-electron chi connectivity index (χ1n) is 3.81. The molecule has 66 valence electrons. The number of nitrogens with two attached hydrogens (primary N) is 1. The molecule has 0 heterocycles. The third-order valence-corrected chi connectivity index (χ3v) is 3.58. The molecule has 4 nitrogen and oxygen atoms in total. The van der Waals surface area contributed by atoms with E-state index in [-0.39, 0.29) is 6.04 Å². The van der Waals surface area contributed by atoms with Crippen LogP contribution in [-0.2, 0) is 4.57 Å². The van der Waals surface area contributed by atoms with Gasteiger partial charge in [-0.3, -0.25) is 4.57 Å². The Kier molecular flexibility index (Phi) is 2.70. The van der Waals surface area contributed by atoms with Gasteiger partial charge in [0.25, 0.3) is 0 Å². The fourth-order valence-corrected chi connectivity index (χ4v) is 2.57. The van der Waals surface area contributed by atoms with Crippen LogP contribution in [0.3, 0.4) is 0 Å². The lowest BCUT2D eigenvalue weighted by Crippen LogP contribution is -2.30. The lowest BCUT2D eigenvalue weighted by atomic mass is 9.96. The second-order valence-corrected chi connectivity index (χ2v) is 5.08. The summed E-state index contributed by atoms with van der Waals surface area (Å²) < 4.78 is 10.8. The van der Waals surface area contributed by atoms with Crippen molar-refractivity contribution >= 4 is 7.60 Å². The zero-order valence-corrected chi connectivity index (χ0v) is 7.20. The Balaban J connectivity index is 2.53. The summed E-state index contributed by atoms with van der Waals surface area (Å²) in [4.78, 5) is 17.6. The van der Waals surface area contributed by atoms with E-state index >= 15 is 0 Å². The maximum atomic E-state index is 10.8. The van der Waals surface area contributed by atoms with Gasteiger partial charge >= 0.3 is 7.60 Å². The van der Waals surface area contributed by atoms with Crippen molar-refractivity contribution in [2.45, 2.75) is 37.4 Å². The second-order valence-electron chi connectivity index (χ2n) is 3.17. The Bertz CT molecular complexity index is 179. The largest absolute Gasteiger partial charge is 0.328 e. The summed E-state index contributed by atoms with van der Waals surface area (Å²) in [7, 11) is -3.86.